The van der Waals surface area contributed by atoms with Crippen molar-refractivity contribution in [1.29, 1.82) is 0 Å². The van der Waals surface area contributed by atoms with Crippen LogP contribution in [0.25, 0.3) is 0 Å². The minimum atomic E-state index is -5.76. The number of phosphoric ester groups is 1. The van der Waals surface area contributed by atoms with Crippen molar-refractivity contribution in [3.63, 3.8) is 0 Å². The number of hydrogen-bond acceptors (Lipinski definition) is 16. The molecule has 1 aliphatic rings. The predicted octanol–water partition coefficient (Wildman–Crippen LogP) is 3.22. The van der Waals surface area contributed by atoms with Crippen molar-refractivity contribution in [2.45, 2.75) is 83.0 Å². The number of unbranched alkanes of at least 4 members (excludes halogenated alkanes) is 1. The van der Waals surface area contributed by atoms with Crippen molar-refractivity contribution in [1.82, 2.24) is 9.55 Å². The minimum Gasteiger partial charge on any atom is -0.466 e. The number of aromatic nitrogens is 2. The molecule has 2 heterocycles. The van der Waals surface area contributed by atoms with Crippen LogP contribution < -0.4 is 11.2 Å². The summed E-state index contributed by atoms with van der Waals surface area (Å²) in [5, 5.41) is 0. The van der Waals surface area contributed by atoms with E-state index in [2.05, 4.69) is 46.2 Å². The van der Waals surface area contributed by atoms with Gasteiger partial charge in [-0.2, -0.15) is 8.62 Å². The lowest BCUT2D eigenvalue weighted by Gasteiger charge is -2.21. The number of phosphoric acid groups is 3. The molecule has 0 radical (unpaired) electrons. The summed E-state index contributed by atoms with van der Waals surface area (Å²) in [5.41, 5.74) is -1.83. The Morgan fingerprint density at radius 2 is 1.83 bits per heavy atom. The Balaban J connectivity index is 1.99. The monoisotopic (exact) mass is 876 g/mol. The molecule has 1 saturated heterocycles. The molecular formula is C26H43N2O17P3S4. The average molecular weight is 877 g/mol. The van der Waals surface area contributed by atoms with E-state index in [9.17, 15) is 37.9 Å². The number of carbonyl (C=O) groups excluding carboxylic acids is 1. The predicted molar refractivity (Wildman–Crippen MR) is 197 cm³/mol. The fraction of sp³-hybridized carbons (Fsp3) is 0.731. The van der Waals surface area contributed by atoms with Gasteiger partial charge in [-0.15, -0.1) is 0 Å². The van der Waals surface area contributed by atoms with Crippen LogP contribution in [0.4, 0.5) is 0 Å². The van der Waals surface area contributed by atoms with Gasteiger partial charge in [-0.3, -0.25) is 23.7 Å². The summed E-state index contributed by atoms with van der Waals surface area (Å²) < 4.78 is 70.5. The van der Waals surface area contributed by atoms with E-state index in [4.69, 9.17) is 44.4 Å². The van der Waals surface area contributed by atoms with Crippen LogP contribution in [0.1, 0.15) is 71.6 Å². The molecule has 0 saturated carbocycles. The first kappa shape index (κ1) is 47.4. The first-order valence-corrected chi connectivity index (χ1v) is 24.7. The van der Waals surface area contributed by atoms with E-state index in [1.165, 1.54) is 0 Å². The van der Waals surface area contributed by atoms with Crippen molar-refractivity contribution in [2.75, 3.05) is 37.5 Å². The normalized spacial score (nSPS) is 20.7. The van der Waals surface area contributed by atoms with Crippen molar-refractivity contribution in [3.05, 3.63) is 32.6 Å². The van der Waals surface area contributed by atoms with Gasteiger partial charge in [0.25, 0.3) is 5.56 Å². The van der Waals surface area contributed by atoms with E-state index in [0.29, 0.717) is 24.7 Å². The Morgan fingerprint density at radius 1 is 1.13 bits per heavy atom. The van der Waals surface area contributed by atoms with Gasteiger partial charge < -0.3 is 38.5 Å². The number of hydrogen-bond donors (Lipinski definition) is 5. The van der Waals surface area contributed by atoms with Crippen LogP contribution in [-0.4, -0.2) is 89.5 Å². The highest BCUT2D eigenvalue weighted by atomic mass is 33.1. The lowest BCUT2D eigenvalue weighted by molar-refractivity contribution is -0.143. The maximum Gasteiger partial charge on any atom is 0.490 e. The lowest BCUT2D eigenvalue weighted by atomic mass is 10.2. The Morgan fingerprint density at radius 3 is 2.48 bits per heavy atom. The average Bonchev–Trinajstić information content (AvgIpc) is 3.41. The molecule has 6 atom stereocenters. The quantitative estimate of drug-likeness (QED) is 0.0279. The van der Waals surface area contributed by atoms with Gasteiger partial charge in [0.15, 0.2) is 0 Å². The zero-order valence-electron chi connectivity index (χ0n) is 28.6. The van der Waals surface area contributed by atoms with Gasteiger partial charge in [-0.25, -0.2) is 18.5 Å². The number of H-pyrrole nitrogens is 1. The van der Waals surface area contributed by atoms with Crippen molar-refractivity contribution in [2.24, 2.45) is 0 Å². The second kappa shape index (κ2) is 22.1. The molecule has 1 aromatic heterocycles. The third-order valence-electron chi connectivity index (χ3n) is 6.08. The van der Waals surface area contributed by atoms with E-state index in [0.717, 1.165) is 17.2 Å². The van der Waals surface area contributed by atoms with Gasteiger partial charge in [0.1, 0.15) is 23.8 Å². The molecule has 1 fully saturated rings. The van der Waals surface area contributed by atoms with Gasteiger partial charge in [0.2, 0.25) is 0 Å². The highest BCUT2D eigenvalue weighted by Crippen LogP contribution is 2.66. The molecule has 2 rings (SSSR count). The number of aromatic amines is 1. The Bertz CT molecular complexity index is 1690. The standard InChI is InChI=1S/C26H43N2O17P3S4/c1-5-52(49)18-41-20-14-22(43-21(20)16-42-47(35,36)45-48(37,38)44-46(32,33)34)28-15-19(24(30)27-25(28)31)10-6-7-11-23(29)40-13-9-8-12-39-17-50-51-26(2,3)4/h15,20-22H,5,7-9,11-14,16-18H2,1-4H3,(H,35,36)(H,37,38)(H,27,30,31)(H2,32,33,34)/t20-,21+,22+,52?/m0/s1. The molecule has 26 heteroatoms. The first-order valence-electron chi connectivity index (χ1n) is 15.4. The van der Waals surface area contributed by atoms with E-state index < -0.39 is 75.2 Å². The molecule has 19 nitrogen and oxygen atoms in total. The molecule has 0 amide bonds. The summed E-state index contributed by atoms with van der Waals surface area (Å²) in [6, 6.07) is 0. The van der Waals surface area contributed by atoms with Crippen LogP contribution in [0.3, 0.4) is 0 Å². The van der Waals surface area contributed by atoms with Crippen LogP contribution in [0.2, 0.25) is 0 Å². The van der Waals surface area contributed by atoms with E-state index >= 15 is 0 Å². The third-order valence-corrected chi connectivity index (χ3v) is 14.9. The van der Waals surface area contributed by atoms with E-state index in [1.54, 1.807) is 21.6 Å². The summed E-state index contributed by atoms with van der Waals surface area (Å²) >= 11 is 5.28. The molecule has 0 bridgehead atoms. The highest BCUT2D eigenvalue weighted by molar-refractivity contribution is 8.77. The molecule has 298 valence electrons. The zero-order chi connectivity index (χ0) is 39.2. The van der Waals surface area contributed by atoms with E-state index in [-0.39, 0.29) is 42.1 Å². The maximum atomic E-state index is 12.7. The van der Waals surface area contributed by atoms with Crippen LogP contribution in [0.5, 0.6) is 0 Å². The van der Waals surface area contributed by atoms with Crippen molar-refractivity contribution in [3.8, 4) is 11.8 Å². The molecule has 3 unspecified atom stereocenters. The van der Waals surface area contributed by atoms with Gasteiger partial charge >= 0.3 is 35.1 Å². The van der Waals surface area contributed by atoms with Crippen LogP contribution in [0.15, 0.2) is 15.8 Å². The molecule has 5 N–H and O–H groups in total. The van der Waals surface area contributed by atoms with Crippen molar-refractivity contribution >= 4 is 71.7 Å². The minimum absolute atomic E-state index is 0.0357. The summed E-state index contributed by atoms with van der Waals surface area (Å²) in [7, 11) is -14.1. The highest BCUT2D eigenvalue weighted by Gasteiger charge is 2.43. The van der Waals surface area contributed by atoms with Gasteiger partial charge in [0, 0.05) is 30.4 Å². The van der Waals surface area contributed by atoms with Gasteiger partial charge in [0.05, 0.1) is 31.7 Å². The van der Waals surface area contributed by atoms with Crippen LogP contribution >= 0.6 is 45.1 Å². The first-order chi connectivity index (χ1) is 24.1. The fourth-order valence-corrected chi connectivity index (χ4v) is 9.57. The molecule has 0 spiro atoms. The van der Waals surface area contributed by atoms with Crippen LogP contribution in [-0.2, 0) is 71.2 Å². The summed E-state index contributed by atoms with van der Waals surface area (Å²) in [6.45, 7) is 8.13. The smallest absolute Gasteiger partial charge is 0.466 e. The Hall–Kier alpha value is -0.730. The number of esters is 1. The number of nitrogens with zero attached hydrogens (tertiary/aromatic N) is 1. The molecule has 52 heavy (non-hydrogen) atoms. The summed E-state index contributed by atoms with van der Waals surface area (Å²) in [4.78, 5) is 76.1. The molecule has 1 aliphatic heterocycles. The number of carbonyl (C=O) groups is 1. The number of rotatable bonds is 22. The molecule has 0 aliphatic carbocycles. The SMILES string of the molecule is CCS(=S)CO[C@H]1C[C@H](n2cc(C#CCCC(=O)OCCCCOCSSC(C)(C)C)c(=O)[nH]c2=O)O[C@@H]1COP(=O)(O)OP(=O)(O)OP(=O)(O)O. The number of nitrogens with one attached hydrogen (secondary N) is 1. The summed E-state index contributed by atoms with van der Waals surface area (Å²) in [6.07, 6.45) is -0.837. The van der Waals surface area contributed by atoms with Crippen LogP contribution in [0, 0.1) is 11.8 Å². The molecule has 0 aromatic carbocycles. The maximum absolute atomic E-state index is 12.7. The number of ether oxygens (including phenoxy) is 4. The lowest BCUT2D eigenvalue weighted by Crippen LogP contribution is -2.33. The van der Waals surface area contributed by atoms with E-state index in [1.807, 2.05) is 6.92 Å². The Labute approximate surface area is 315 Å². The second-order valence-corrected chi connectivity index (χ2v) is 22.2. The second-order valence-electron chi connectivity index (χ2n) is 11.6. The molecular weight excluding hydrogens is 833 g/mol. The third kappa shape index (κ3) is 19.7. The zero-order valence-corrected chi connectivity index (χ0v) is 34.6. The van der Waals surface area contributed by atoms with Gasteiger partial charge in [-0.1, -0.05) is 70.6 Å². The Kier molecular flexibility index (Phi) is 20.2. The largest absolute Gasteiger partial charge is 0.490 e. The fourth-order valence-electron chi connectivity index (χ4n) is 3.88. The topological polar surface area (TPSA) is 269 Å². The van der Waals surface area contributed by atoms with Crippen molar-refractivity contribution < 1.29 is 70.2 Å². The summed E-state index contributed by atoms with van der Waals surface area (Å²) in [5.74, 6) is 6.06. The molecule has 1 aromatic rings. The van der Waals surface area contributed by atoms with Gasteiger partial charge in [-0.05, 0) is 29.8 Å².